The molecule has 134 valence electrons. The monoisotopic (exact) mass is 357 g/mol. The van der Waals surface area contributed by atoms with Crippen LogP contribution in [0.25, 0.3) is 11.3 Å². The standard InChI is InChI=1S/C21H19N5O/c22-11-16-6-2-7-17(10-16)19-8-3-9-20(25-19)21(27)24-18-12-23-26(14-18)13-15-4-1-5-15/h2-3,6-10,12,14-15H,1,4-5,13H2,(H,24,27). The number of anilines is 1. The lowest BCUT2D eigenvalue weighted by Crippen LogP contribution is -2.18. The number of amides is 1. The molecule has 1 saturated carbocycles. The Hall–Kier alpha value is -3.46. The number of hydrogen-bond donors (Lipinski definition) is 1. The Morgan fingerprint density at radius 1 is 1.26 bits per heavy atom. The van der Waals surface area contributed by atoms with Gasteiger partial charge in [-0.1, -0.05) is 24.6 Å². The Balaban J connectivity index is 1.48. The zero-order valence-electron chi connectivity index (χ0n) is 14.8. The van der Waals surface area contributed by atoms with E-state index in [-0.39, 0.29) is 5.91 Å². The third-order valence-corrected chi connectivity index (χ3v) is 4.83. The summed E-state index contributed by atoms with van der Waals surface area (Å²) in [5, 5.41) is 16.2. The number of nitriles is 1. The Kier molecular flexibility index (Phi) is 4.67. The van der Waals surface area contributed by atoms with Crippen molar-refractivity contribution in [1.82, 2.24) is 14.8 Å². The summed E-state index contributed by atoms with van der Waals surface area (Å²) in [6.45, 7) is 0.902. The molecular weight excluding hydrogens is 338 g/mol. The minimum Gasteiger partial charge on any atom is -0.318 e. The van der Waals surface area contributed by atoms with E-state index in [4.69, 9.17) is 5.26 Å². The SMILES string of the molecule is N#Cc1cccc(-c2cccc(C(=O)Nc3cnn(CC4CCC4)c3)n2)c1. The summed E-state index contributed by atoms with van der Waals surface area (Å²) in [4.78, 5) is 17.0. The second kappa shape index (κ2) is 7.42. The van der Waals surface area contributed by atoms with E-state index in [0.29, 0.717) is 28.6 Å². The maximum Gasteiger partial charge on any atom is 0.274 e. The molecule has 1 amide bonds. The highest BCUT2D eigenvalue weighted by molar-refractivity contribution is 6.03. The lowest BCUT2D eigenvalue weighted by Gasteiger charge is -2.24. The van der Waals surface area contributed by atoms with Gasteiger partial charge in [0.15, 0.2) is 0 Å². The van der Waals surface area contributed by atoms with Gasteiger partial charge in [0.05, 0.1) is 29.2 Å². The Morgan fingerprint density at radius 3 is 2.89 bits per heavy atom. The van der Waals surface area contributed by atoms with Crippen LogP contribution in [0.2, 0.25) is 0 Å². The molecule has 2 heterocycles. The molecule has 1 aliphatic rings. The van der Waals surface area contributed by atoms with E-state index >= 15 is 0 Å². The summed E-state index contributed by atoms with van der Waals surface area (Å²) in [6.07, 6.45) is 7.33. The molecule has 0 atom stereocenters. The molecule has 6 nitrogen and oxygen atoms in total. The van der Waals surface area contributed by atoms with Gasteiger partial charge in [0, 0.05) is 18.3 Å². The fourth-order valence-corrected chi connectivity index (χ4v) is 3.13. The van der Waals surface area contributed by atoms with Crippen molar-refractivity contribution in [3.63, 3.8) is 0 Å². The maximum atomic E-state index is 12.6. The van der Waals surface area contributed by atoms with Crippen molar-refractivity contribution in [1.29, 1.82) is 5.26 Å². The van der Waals surface area contributed by atoms with Crippen LogP contribution in [0.3, 0.4) is 0 Å². The van der Waals surface area contributed by atoms with Crippen molar-refractivity contribution in [3.05, 3.63) is 66.1 Å². The molecule has 27 heavy (non-hydrogen) atoms. The summed E-state index contributed by atoms with van der Waals surface area (Å²) in [5.41, 5.74) is 3.00. The first kappa shape index (κ1) is 17.0. The van der Waals surface area contributed by atoms with Crippen LogP contribution in [0.15, 0.2) is 54.9 Å². The summed E-state index contributed by atoms with van der Waals surface area (Å²) < 4.78 is 1.89. The van der Waals surface area contributed by atoms with E-state index < -0.39 is 0 Å². The smallest absolute Gasteiger partial charge is 0.274 e. The van der Waals surface area contributed by atoms with E-state index in [2.05, 4.69) is 21.5 Å². The van der Waals surface area contributed by atoms with Crippen molar-refractivity contribution >= 4 is 11.6 Å². The molecule has 6 heteroatoms. The topological polar surface area (TPSA) is 83.6 Å². The molecule has 1 aliphatic carbocycles. The van der Waals surface area contributed by atoms with Gasteiger partial charge < -0.3 is 5.32 Å². The van der Waals surface area contributed by atoms with Crippen LogP contribution in [-0.2, 0) is 6.54 Å². The number of benzene rings is 1. The number of aromatic nitrogens is 3. The van der Waals surface area contributed by atoms with Crippen molar-refractivity contribution in [3.8, 4) is 17.3 Å². The zero-order chi connectivity index (χ0) is 18.6. The van der Waals surface area contributed by atoms with Crippen LogP contribution in [0, 0.1) is 17.2 Å². The molecule has 0 aliphatic heterocycles. The van der Waals surface area contributed by atoms with E-state index in [1.54, 1.807) is 36.5 Å². The summed E-state index contributed by atoms with van der Waals surface area (Å²) in [7, 11) is 0. The molecule has 0 bridgehead atoms. The number of carbonyl (C=O) groups is 1. The predicted molar refractivity (Wildman–Crippen MR) is 102 cm³/mol. The van der Waals surface area contributed by atoms with Gasteiger partial charge in [0.25, 0.3) is 5.91 Å². The van der Waals surface area contributed by atoms with Crippen molar-refractivity contribution in [2.24, 2.45) is 5.92 Å². The highest BCUT2D eigenvalue weighted by Gasteiger charge is 2.18. The third kappa shape index (κ3) is 3.87. The number of nitrogens with one attached hydrogen (secondary N) is 1. The van der Waals surface area contributed by atoms with Gasteiger partial charge in [0.1, 0.15) is 5.69 Å². The number of nitrogens with zero attached hydrogens (tertiary/aromatic N) is 4. The molecule has 0 saturated heterocycles. The molecular formula is C21H19N5O. The molecule has 3 aromatic rings. The van der Waals surface area contributed by atoms with Gasteiger partial charge in [-0.2, -0.15) is 10.4 Å². The largest absolute Gasteiger partial charge is 0.318 e. The van der Waals surface area contributed by atoms with Crippen LogP contribution in [0.5, 0.6) is 0 Å². The second-order valence-corrected chi connectivity index (χ2v) is 6.80. The minimum atomic E-state index is -0.281. The molecule has 4 rings (SSSR count). The summed E-state index contributed by atoms with van der Waals surface area (Å²) in [6, 6.07) is 14.6. The van der Waals surface area contributed by atoms with Gasteiger partial charge in [-0.05, 0) is 43.0 Å². The Morgan fingerprint density at radius 2 is 2.11 bits per heavy atom. The number of carbonyl (C=O) groups excluding carboxylic acids is 1. The van der Waals surface area contributed by atoms with Crippen LogP contribution in [-0.4, -0.2) is 20.7 Å². The number of hydrogen-bond acceptors (Lipinski definition) is 4. The van der Waals surface area contributed by atoms with Gasteiger partial charge in [0.2, 0.25) is 0 Å². The van der Waals surface area contributed by atoms with E-state index in [1.165, 1.54) is 19.3 Å². The first-order chi connectivity index (χ1) is 13.2. The van der Waals surface area contributed by atoms with E-state index in [1.807, 2.05) is 23.0 Å². The van der Waals surface area contributed by atoms with Crippen LogP contribution in [0.4, 0.5) is 5.69 Å². The van der Waals surface area contributed by atoms with Crippen LogP contribution >= 0.6 is 0 Å². The normalized spacial score (nSPS) is 13.6. The van der Waals surface area contributed by atoms with E-state index in [9.17, 15) is 4.79 Å². The highest BCUT2D eigenvalue weighted by Crippen LogP contribution is 2.27. The number of rotatable bonds is 5. The maximum absolute atomic E-state index is 12.6. The van der Waals surface area contributed by atoms with Gasteiger partial charge in [-0.15, -0.1) is 0 Å². The number of pyridine rings is 1. The Labute approximate surface area is 157 Å². The average molecular weight is 357 g/mol. The first-order valence-electron chi connectivity index (χ1n) is 9.03. The van der Waals surface area contributed by atoms with Crippen molar-refractivity contribution in [2.75, 3.05) is 5.32 Å². The Bertz CT molecular complexity index is 1010. The molecule has 1 fully saturated rings. The lowest BCUT2D eigenvalue weighted by atomic mass is 9.85. The van der Waals surface area contributed by atoms with Crippen LogP contribution in [0.1, 0.15) is 35.3 Å². The third-order valence-electron chi connectivity index (χ3n) is 4.83. The highest BCUT2D eigenvalue weighted by atomic mass is 16.1. The van der Waals surface area contributed by atoms with Crippen molar-refractivity contribution in [2.45, 2.75) is 25.8 Å². The predicted octanol–water partition coefficient (Wildman–Crippen LogP) is 3.87. The zero-order valence-corrected chi connectivity index (χ0v) is 14.8. The first-order valence-corrected chi connectivity index (χ1v) is 9.03. The second-order valence-electron chi connectivity index (χ2n) is 6.80. The molecule has 1 N–H and O–H groups in total. The van der Waals surface area contributed by atoms with Gasteiger partial charge in [-0.25, -0.2) is 4.98 Å². The van der Waals surface area contributed by atoms with Crippen LogP contribution < -0.4 is 5.32 Å². The molecule has 1 aromatic carbocycles. The minimum absolute atomic E-state index is 0.281. The summed E-state index contributed by atoms with van der Waals surface area (Å²) in [5.74, 6) is 0.424. The van der Waals surface area contributed by atoms with Crippen molar-refractivity contribution < 1.29 is 4.79 Å². The lowest BCUT2D eigenvalue weighted by molar-refractivity contribution is 0.102. The fourth-order valence-electron chi connectivity index (χ4n) is 3.13. The summed E-state index contributed by atoms with van der Waals surface area (Å²) >= 11 is 0. The quantitative estimate of drug-likeness (QED) is 0.751. The molecule has 0 spiro atoms. The molecule has 0 unspecified atom stereocenters. The molecule has 0 radical (unpaired) electrons. The van der Waals surface area contributed by atoms with Gasteiger partial charge >= 0.3 is 0 Å². The van der Waals surface area contributed by atoms with E-state index in [0.717, 1.165) is 12.1 Å². The molecule has 2 aromatic heterocycles. The fraction of sp³-hybridized carbons (Fsp3) is 0.238. The van der Waals surface area contributed by atoms with Gasteiger partial charge in [-0.3, -0.25) is 9.48 Å². The average Bonchev–Trinajstić information content (AvgIpc) is 3.12.